The molecule has 1 aromatic rings. The van der Waals surface area contributed by atoms with E-state index in [1.807, 2.05) is 0 Å². The minimum absolute atomic E-state index is 0.168. The number of carbonyl (C=O) groups excluding carboxylic acids is 2. The van der Waals surface area contributed by atoms with Crippen molar-refractivity contribution in [2.24, 2.45) is 0 Å². The van der Waals surface area contributed by atoms with Crippen molar-refractivity contribution in [3.63, 3.8) is 0 Å². The third kappa shape index (κ3) is 3.41. The Hall–Kier alpha value is -1.66. The van der Waals surface area contributed by atoms with Gasteiger partial charge in [0, 0.05) is 51.0 Å². The zero-order valence-corrected chi connectivity index (χ0v) is 10.2. The lowest BCUT2D eigenvalue weighted by Gasteiger charge is -2.26. The van der Waals surface area contributed by atoms with E-state index in [9.17, 15) is 9.59 Å². The van der Waals surface area contributed by atoms with Crippen molar-refractivity contribution in [3.05, 3.63) is 23.5 Å². The molecule has 3 N–H and O–H groups in total. The van der Waals surface area contributed by atoms with E-state index in [0.29, 0.717) is 24.1 Å². The van der Waals surface area contributed by atoms with Gasteiger partial charge in [0.2, 0.25) is 0 Å². The summed E-state index contributed by atoms with van der Waals surface area (Å²) in [7, 11) is 0. The van der Waals surface area contributed by atoms with E-state index in [0.717, 1.165) is 32.7 Å². The number of hydrogen-bond donors (Lipinski definition) is 3. The second-order valence-electron chi connectivity index (χ2n) is 4.31. The molecule has 1 aliphatic heterocycles. The first kappa shape index (κ1) is 12.8. The molecule has 98 valence electrons. The zero-order chi connectivity index (χ0) is 12.8. The summed E-state index contributed by atoms with van der Waals surface area (Å²) >= 11 is 0. The lowest BCUT2D eigenvalue weighted by Crippen LogP contribution is -2.46. The number of nitrogens with zero attached hydrogens (tertiary/aromatic N) is 1. The fourth-order valence-electron chi connectivity index (χ4n) is 1.97. The van der Waals surface area contributed by atoms with Crippen molar-refractivity contribution in [3.8, 4) is 0 Å². The summed E-state index contributed by atoms with van der Waals surface area (Å²) in [5, 5.41) is 6.12. The summed E-state index contributed by atoms with van der Waals surface area (Å²) in [6, 6.07) is 1.55. The molecule has 2 heterocycles. The molecule has 0 saturated carbocycles. The number of piperazine rings is 1. The Morgan fingerprint density at radius 3 is 2.89 bits per heavy atom. The maximum Gasteiger partial charge on any atom is 0.267 e. The molecule has 0 unspecified atom stereocenters. The van der Waals surface area contributed by atoms with Crippen LogP contribution in [0.5, 0.6) is 0 Å². The number of rotatable bonds is 5. The van der Waals surface area contributed by atoms with Gasteiger partial charge in [-0.2, -0.15) is 0 Å². The van der Waals surface area contributed by atoms with Crippen molar-refractivity contribution in [2.45, 2.75) is 0 Å². The molecule has 2 rings (SSSR count). The molecular weight excluding hydrogens is 232 g/mol. The summed E-state index contributed by atoms with van der Waals surface area (Å²) < 4.78 is 0. The summed E-state index contributed by atoms with van der Waals surface area (Å²) in [5.74, 6) is -0.168. The fourth-order valence-corrected chi connectivity index (χ4v) is 1.97. The average molecular weight is 250 g/mol. The Labute approximate surface area is 106 Å². The van der Waals surface area contributed by atoms with Crippen LogP contribution in [0.2, 0.25) is 0 Å². The normalized spacial score (nSPS) is 16.4. The summed E-state index contributed by atoms with van der Waals surface area (Å²) in [4.78, 5) is 27.3. The van der Waals surface area contributed by atoms with Gasteiger partial charge in [-0.1, -0.05) is 0 Å². The second kappa shape index (κ2) is 6.32. The van der Waals surface area contributed by atoms with Crippen LogP contribution in [0.1, 0.15) is 20.8 Å². The lowest BCUT2D eigenvalue weighted by atomic mass is 10.3. The molecule has 0 bridgehead atoms. The number of aromatic nitrogens is 1. The monoisotopic (exact) mass is 250 g/mol. The van der Waals surface area contributed by atoms with Gasteiger partial charge in [0.25, 0.3) is 5.91 Å². The van der Waals surface area contributed by atoms with Gasteiger partial charge in [-0.25, -0.2) is 0 Å². The van der Waals surface area contributed by atoms with E-state index in [1.54, 1.807) is 6.07 Å². The number of nitrogens with one attached hydrogen (secondary N) is 3. The van der Waals surface area contributed by atoms with Crippen molar-refractivity contribution in [1.82, 2.24) is 20.5 Å². The molecule has 1 fully saturated rings. The van der Waals surface area contributed by atoms with E-state index in [-0.39, 0.29) is 5.91 Å². The minimum atomic E-state index is -0.168. The standard InChI is InChI=1S/C12H18N4O2/c17-9-10-7-11(15-8-10)12(18)14-3-6-16-4-1-13-2-5-16/h7-9,13,15H,1-6H2,(H,14,18). The van der Waals surface area contributed by atoms with Crippen LogP contribution in [0.3, 0.4) is 0 Å². The molecule has 0 spiro atoms. The zero-order valence-electron chi connectivity index (χ0n) is 10.2. The first-order chi connectivity index (χ1) is 8.79. The molecule has 0 atom stereocenters. The number of H-pyrrole nitrogens is 1. The quantitative estimate of drug-likeness (QED) is 0.614. The van der Waals surface area contributed by atoms with E-state index < -0.39 is 0 Å². The van der Waals surface area contributed by atoms with Crippen molar-refractivity contribution in [1.29, 1.82) is 0 Å². The van der Waals surface area contributed by atoms with Crippen molar-refractivity contribution in [2.75, 3.05) is 39.3 Å². The highest BCUT2D eigenvalue weighted by molar-refractivity contribution is 5.94. The molecular formula is C12H18N4O2. The minimum Gasteiger partial charge on any atom is -0.357 e. The van der Waals surface area contributed by atoms with Crippen LogP contribution < -0.4 is 10.6 Å². The van der Waals surface area contributed by atoms with E-state index >= 15 is 0 Å². The molecule has 0 aliphatic carbocycles. The molecule has 0 aromatic carbocycles. The van der Waals surface area contributed by atoms with Crippen LogP contribution in [0.4, 0.5) is 0 Å². The van der Waals surface area contributed by atoms with Gasteiger partial charge in [0.15, 0.2) is 6.29 Å². The Morgan fingerprint density at radius 1 is 1.44 bits per heavy atom. The summed E-state index contributed by atoms with van der Waals surface area (Å²) in [6.07, 6.45) is 2.24. The van der Waals surface area contributed by atoms with Crippen LogP contribution in [0.15, 0.2) is 12.3 Å². The van der Waals surface area contributed by atoms with Crippen LogP contribution in [-0.2, 0) is 0 Å². The Balaban J connectivity index is 1.72. The third-order valence-corrected chi connectivity index (χ3v) is 3.01. The number of hydrogen-bond acceptors (Lipinski definition) is 4. The molecule has 1 amide bonds. The molecule has 18 heavy (non-hydrogen) atoms. The lowest BCUT2D eigenvalue weighted by molar-refractivity contribution is 0.0943. The highest BCUT2D eigenvalue weighted by Crippen LogP contribution is 2.00. The number of amides is 1. The third-order valence-electron chi connectivity index (χ3n) is 3.01. The molecule has 1 aromatic heterocycles. The maximum absolute atomic E-state index is 11.7. The highest BCUT2D eigenvalue weighted by Gasteiger charge is 2.11. The molecule has 6 heteroatoms. The molecule has 0 radical (unpaired) electrons. The van der Waals surface area contributed by atoms with E-state index in [2.05, 4.69) is 20.5 Å². The Morgan fingerprint density at radius 2 is 2.22 bits per heavy atom. The number of aromatic amines is 1. The van der Waals surface area contributed by atoms with Gasteiger partial charge in [-0.3, -0.25) is 14.5 Å². The summed E-state index contributed by atoms with van der Waals surface area (Å²) in [5.41, 5.74) is 0.916. The van der Waals surface area contributed by atoms with Gasteiger partial charge in [-0.15, -0.1) is 0 Å². The van der Waals surface area contributed by atoms with Crippen LogP contribution in [0, 0.1) is 0 Å². The number of carbonyl (C=O) groups is 2. The maximum atomic E-state index is 11.7. The Bertz CT molecular complexity index is 410. The van der Waals surface area contributed by atoms with Crippen LogP contribution in [0.25, 0.3) is 0 Å². The van der Waals surface area contributed by atoms with Crippen LogP contribution in [-0.4, -0.2) is 61.3 Å². The first-order valence-corrected chi connectivity index (χ1v) is 6.14. The topological polar surface area (TPSA) is 77.2 Å². The highest BCUT2D eigenvalue weighted by atomic mass is 16.1. The predicted octanol–water partition coefficient (Wildman–Crippen LogP) is -0.538. The van der Waals surface area contributed by atoms with Crippen molar-refractivity contribution >= 4 is 12.2 Å². The molecule has 1 aliphatic rings. The summed E-state index contributed by atoms with van der Waals surface area (Å²) in [6.45, 7) is 5.53. The van der Waals surface area contributed by atoms with Crippen LogP contribution >= 0.6 is 0 Å². The van der Waals surface area contributed by atoms with Gasteiger partial charge in [0.1, 0.15) is 5.69 Å². The molecule has 1 saturated heterocycles. The average Bonchev–Trinajstić information content (AvgIpc) is 2.89. The van der Waals surface area contributed by atoms with Gasteiger partial charge >= 0.3 is 0 Å². The number of aldehydes is 1. The van der Waals surface area contributed by atoms with Gasteiger partial charge < -0.3 is 15.6 Å². The largest absolute Gasteiger partial charge is 0.357 e. The van der Waals surface area contributed by atoms with E-state index in [4.69, 9.17) is 0 Å². The SMILES string of the molecule is O=Cc1c[nH]c(C(=O)NCCN2CCNCC2)c1. The fraction of sp³-hybridized carbons (Fsp3) is 0.500. The van der Waals surface area contributed by atoms with Gasteiger partial charge in [0.05, 0.1) is 0 Å². The Kier molecular flexibility index (Phi) is 4.49. The second-order valence-corrected chi connectivity index (χ2v) is 4.31. The molecule has 6 nitrogen and oxygen atoms in total. The smallest absolute Gasteiger partial charge is 0.267 e. The predicted molar refractivity (Wildman–Crippen MR) is 67.8 cm³/mol. The first-order valence-electron chi connectivity index (χ1n) is 6.14. The van der Waals surface area contributed by atoms with E-state index in [1.165, 1.54) is 6.20 Å². The van der Waals surface area contributed by atoms with Gasteiger partial charge in [-0.05, 0) is 6.07 Å². The van der Waals surface area contributed by atoms with Crippen molar-refractivity contribution < 1.29 is 9.59 Å².